The Bertz CT molecular complexity index is 637. The number of halogens is 2. The van der Waals surface area contributed by atoms with E-state index in [0.29, 0.717) is 23.9 Å². The zero-order valence-electron chi connectivity index (χ0n) is 12.2. The van der Waals surface area contributed by atoms with E-state index in [1.54, 1.807) is 0 Å². The van der Waals surface area contributed by atoms with Crippen molar-refractivity contribution in [1.82, 2.24) is 5.32 Å². The molecule has 1 heterocycles. The molecule has 2 nitrogen and oxygen atoms in total. The first-order valence-electron chi connectivity index (χ1n) is 7.31. The second-order valence-electron chi connectivity index (χ2n) is 5.89. The molecular formula is C17H19F2NO. The van der Waals surface area contributed by atoms with Crippen molar-refractivity contribution in [2.75, 3.05) is 0 Å². The van der Waals surface area contributed by atoms with Crippen molar-refractivity contribution in [2.45, 2.75) is 38.8 Å². The van der Waals surface area contributed by atoms with Crippen molar-refractivity contribution in [3.63, 3.8) is 0 Å². The lowest BCUT2D eigenvalue weighted by Gasteiger charge is -2.14. The number of hydrogen-bond donors (Lipinski definition) is 1. The average Bonchev–Trinajstić information content (AvgIpc) is 2.99. The van der Waals surface area contributed by atoms with Crippen LogP contribution in [0.4, 0.5) is 8.78 Å². The zero-order chi connectivity index (χ0) is 15.0. The Kier molecular flexibility index (Phi) is 3.81. The van der Waals surface area contributed by atoms with Crippen molar-refractivity contribution in [3.05, 3.63) is 59.1 Å². The van der Waals surface area contributed by atoms with Gasteiger partial charge in [-0.25, -0.2) is 8.78 Å². The summed E-state index contributed by atoms with van der Waals surface area (Å²) in [4.78, 5) is 0. The van der Waals surface area contributed by atoms with Crippen LogP contribution in [0.1, 0.15) is 49.3 Å². The molecule has 0 aliphatic heterocycles. The third-order valence-corrected chi connectivity index (χ3v) is 4.17. The highest BCUT2D eigenvalue weighted by molar-refractivity contribution is 5.22. The summed E-state index contributed by atoms with van der Waals surface area (Å²) < 4.78 is 32.4. The van der Waals surface area contributed by atoms with Crippen LogP contribution in [0, 0.1) is 17.6 Å². The molecule has 3 rings (SSSR count). The molecule has 1 aliphatic rings. The second-order valence-corrected chi connectivity index (χ2v) is 5.89. The third-order valence-electron chi connectivity index (χ3n) is 4.17. The second kappa shape index (κ2) is 5.60. The standard InChI is InChI=1S/C17H19F2NO/c1-10-7-15(10)17-6-4-13(21-17)9-20-11(2)14-5-3-12(18)8-16(14)19/h3-6,8,10-11,15,20H,7,9H2,1-2H3/t10-,11-,15-/m0/s1. The van der Waals surface area contributed by atoms with Crippen LogP contribution < -0.4 is 5.32 Å². The van der Waals surface area contributed by atoms with Crippen LogP contribution in [0.2, 0.25) is 0 Å². The molecule has 2 aromatic rings. The van der Waals surface area contributed by atoms with Crippen molar-refractivity contribution in [3.8, 4) is 0 Å². The lowest BCUT2D eigenvalue weighted by molar-refractivity contribution is 0.425. The summed E-state index contributed by atoms with van der Waals surface area (Å²) in [5, 5.41) is 3.20. The first-order valence-corrected chi connectivity index (χ1v) is 7.31. The van der Waals surface area contributed by atoms with E-state index in [1.807, 2.05) is 19.1 Å². The largest absolute Gasteiger partial charge is 0.464 e. The molecule has 1 saturated carbocycles. The highest BCUT2D eigenvalue weighted by Gasteiger charge is 2.36. The first kappa shape index (κ1) is 14.3. The van der Waals surface area contributed by atoms with Gasteiger partial charge in [0.25, 0.3) is 0 Å². The Labute approximate surface area is 123 Å². The average molecular weight is 291 g/mol. The minimum absolute atomic E-state index is 0.209. The van der Waals surface area contributed by atoms with Crippen molar-refractivity contribution >= 4 is 0 Å². The fourth-order valence-electron chi connectivity index (χ4n) is 2.62. The highest BCUT2D eigenvalue weighted by Crippen LogP contribution is 2.47. The molecule has 0 amide bonds. The molecule has 1 aliphatic carbocycles. The van der Waals surface area contributed by atoms with Gasteiger partial charge < -0.3 is 9.73 Å². The van der Waals surface area contributed by atoms with Crippen LogP contribution in [0.25, 0.3) is 0 Å². The number of benzene rings is 1. The molecule has 0 spiro atoms. The summed E-state index contributed by atoms with van der Waals surface area (Å²) in [7, 11) is 0. The van der Waals surface area contributed by atoms with E-state index < -0.39 is 11.6 Å². The van der Waals surface area contributed by atoms with E-state index in [-0.39, 0.29) is 6.04 Å². The minimum atomic E-state index is -0.558. The third kappa shape index (κ3) is 3.16. The Morgan fingerprint density at radius 3 is 2.71 bits per heavy atom. The van der Waals surface area contributed by atoms with Gasteiger partial charge in [-0.05, 0) is 37.5 Å². The topological polar surface area (TPSA) is 25.2 Å². The Morgan fingerprint density at radius 1 is 1.29 bits per heavy atom. The van der Waals surface area contributed by atoms with Crippen LogP contribution in [0.5, 0.6) is 0 Å². The molecule has 0 bridgehead atoms. The molecule has 1 aromatic heterocycles. The van der Waals surface area contributed by atoms with Crippen LogP contribution in [-0.4, -0.2) is 0 Å². The summed E-state index contributed by atoms with van der Waals surface area (Å²) in [6, 6.07) is 7.43. The van der Waals surface area contributed by atoms with Gasteiger partial charge in [0.2, 0.25) is 0 Å². The van der Waals surface area contributed by atoms with Crippen LogP contribution in [-0.2, 0) is 6.54 Å². The maximum absolute atomic E-state index is 13.7. The molecule has 0 saturated heterocycles. The fourth-order valence-corrected chi connectivity index (χ4v) is 2.62. The number of rotatable bonds is 5. The van der Waals surface area contributed by atoms with Gasteiger partial charge in [0.1, 0.15) is 23.2 Å². The molecule has 21 heavy (non-hydrogen) atoms. The smallest absolute Gasteiger partial charge is 0.130 e. The van der Waals surface area contributed by atoms with Gasteiger partial charge in [-0.3, -0.25) is 0 Å². The van der Waals surface area contributed by atoms with Crippen LogP contribution in [0.3, 0.4) is 0 Å². The summed E-state index contributed by atoms with van der Waals surface area (Å²) in [5.74, 6) is 2.08. The van der Waals surface area contributed by atoms with Crippen molar-refractivity contribution in [1.29, 1.82) is 0 Å². The van der Waals surface area contributed by atoms with Gasteiger partial charge in [0.15, 0.2) is 0 Å². The monoisotopic (exact) mass is 291 g/mol. The van der Waals surface area contributed by atoms with Gasteiger partial charge >= 0.3 is 0 Å². The van der Waals surface area contributed by atoms with E-state index in [1.165, 1.54) is 18.6 Å². The Morgan fingerprint density at radius 2 is 2.05 bits per heavy atom. The molecule has 4 heteroatoms. The number of furan rings is 1. The van der Waals surface area contributed by atoms with Gasteiger partial charge in [-0.1, -0.05) is 13.0 Å². The summed E-state index contributed by atoms with van der Waals surface area (Å²) >= 11 is 0. The summed E-state index contributed by atoms with van der Waals surface area (Å²) in [6.45, 7) is 4.59. The molecule has 1 N–H and O–H groups in total. The van der Waals surface area contributed by atoms with E-state index in [4.69, 9.17) is 4.42 Å². The molecule has 1 aromatic carbocycles. The molecule has 0 unspecified atom stereocenters. The fraction of sp³-hybridized carbons (Fsp3) is 0.412. The highest BCUT2D eigenvalue weighted by atomic mass is 19.1. The normalized spacial score (nSPS) is 22.3. The van der Waals surface area contributed by atoms with Gasteiger partial charge in [0.05, 0.1) is 6.54 Å². The van der Waals surface area contributed by atoms with Gasteiger partial charge in [-0.2, -0.15) is 0 Å². The molecular weight excluding hydrogens is 272 g/mol. The van der Waals surface area contributed by atoms with Crippen molar-refractivity contribution < 1.29 is 13.2 Å². The van der Waals surface area contributed by atoms with Gasteiger partial charge in [-0.15, -0.1) is 0 Å². The van der Waals surface area contributed by atoms with E-state index in [2.05, 4.69) is 12.2 Å². The molecule has 1 fully saturated rings. The Balaban J connectivity index is 1.60. The lowest BCUT2D eigenvalue weighted by atomic mass is 10.1. The number of hydrogen-bond acceptors (Lipinski definition) is 2. The van der Waals surface area contributed by atoms with Crippen molar-refractivity contribution in [2.24, 2.45) is 5.92 Å². The van der Waals surface area contributed by atoms with E-state index >= 15 is 0 Å². The maximum atomic E-state index is 13.7. The first-order chi connectivity index (χ1) is 10.0. The Hall–Kier alpha value is -1.68. The van der Waals surface area contributed by atoms with Gasteiger partial charge in [0, 0.05) is 23.6 Å². The quantitative estimate of drug-likeness (QED) is 0.875. The predicted molar refractivity (Wildman–Crippen MR) is 76.8 cm³/mol. The lowest BCUT2D eigenvalue weighted by Crippen LogP contribution is -2.18. The summed E-state index contributed by atoms with van der Waals surface area (Å²) in [6.07, 6.45) is 1.19. The molecule has 112 valence electrons. The van der Waals surface area contributed by atoms with Crippen LogP contribution >= 0.6 is 0 Å². The molecule has 3 atom stereocenters. The minimum Gasteiger partial charge on any atom is -0.464 e. The SMILES string of the molecule is C[C@H](NCc1ccc([C@H]2C[C@@H]2C)o1)c1ccc(F)cc1F. The molecule has 0 radical (unpaired) electrons. The van der Waals surface area contributed by atoms with E-state index in [0.717, 1.165) is 17.6 Å². The van der Waals surface area contributed by atoms with Crippen LogP contribution in [0.15, 0.2) is 34.7 Å². The van der Waals surface area contributed by atoms with E-state index in [9.17, 15) is 8.78 Å². The predicted octanol–water partition coefficient (Wildman–Crippen LogP) is 4.53. The zero-order valence-corrected chi connectivity index (χ0v) is 12.2. The maximum Gasteiger partial charge on any atom is 0.130 e. The summed E-state index contributed by atoms with van der Waals surface area (Å²) in [5.41, 5.74) is 0.457. The number of nitrogens with one attached hydrogen (secondary N) is 1.